The van der Waals surface area contributed by atoms with E-state index in [0.717, 1.165) is 10.4 Å². The Balaban J connectivity index is 1.68. The third-order valence-electron chi connectivity index (χ3n) is 7.92. The fourth-order valence-electron chi connectivity index (χ4n) is 6.16. The smallest absolute Gasteiger partial charge is 0.261 e. The van der Waals surface area contributed by atoms with Gasteiger partial charge in [-0.15, -0.1) is 0 Å². The molecular formula is C34H37F2N3O3Si. The highest BCUT2D eigenvalue weighted by Crippen LogP contribution is 2.39. The average Bonchev–Trinajstić information content (AvgIpc) is 2.99. The number of hydrogen-bond donors (Lipinski definition) is 0. The van der Waals surface area contributed by atoms with Gasteiger partial charge >= 0.3 is 0 Å². The maximum absolute atomic E-state index is 16.3. The molecule has 0 N–H and O–H groups in total. The van der Waals surface area contributed by atoms with E-state index in [4.69, 9.17) is 9.16 Å². The fraction of sp³-hybridized carbons (Fsp3) is 0.324. The summed E-state index contributed by atoms with van der Waals surface area (Å²) in [6.45, 7) is 11.0. The van der Waals surface area contributed by atoms with E-state index in [0.29, 0.717) is 18.7 Å². The van der Waals surface area contributed by atoms with Crippen LogP contribution >= 0.6 is 0 Å². The van der Waals surface area contributed by atoms with Crippen molar-refractivity contribution in [3.8, 4) is 0 Å². The number of nitrogens with zero attached hydrogens (tertiary/aromatic N) is 3. The summed E-state index contributed by atoms with van der Waals surface area (Å²) in [5.74, 6) is -3.01. The molecule has 1 aliphatic rings. The van der Waals surface area contributed by atoms with Gasteiger partial charge in [0, 0.05) is 24.8 Å². The quantitative estimate of drug-likeness (QED) is 0.191. The van der Waals surface area contributed by atoms with Crippen LogP contribution in [0.15, 0.2) is 85.3 Å². The molecule has 1 aliphatic heterocycles. The van der Waals surface area contributed by atoms with Crippen LogP contribution in [0.25, 0.3) is 0 Å². The van der Waals surface area contributed by atoms with Crippen molar-refractivity contribution in [1.82, 2.24) is 9.97 Å². The number of carbonyl (C=O) groups is 1. The minimum atomic E-state index is -3.04. The van der Waals surface area contributed by atoms with Crippen LogP contribution in [-0.2, 0) is 15.8 Å². The lowest BCUT2D eigenvalue weighted by Crippen LogP contribution is -2.66. The molecule has 9 heteroatoms. The molecule has 6 nitrogen and oxygen atoms in total. The molecule has 3 aromatic carbocycles. The second kappa shape index (κ2) is 12.4. The number of aromatic nitrogens is 2. The molecule has 0 amide bonds. The molecule has 5 rings (SSSR count). The van der Waals surface area contributed by atoms with Crippen molar-refractivity contribution < 1.29 is 22.7 Å². The Morgan fingerprint density at radius 3 is 2.05 bits per heavy atom. The maximum Gasteiger partial charge on any atom is 0.261 e. The molecule has 0 radical (unpaired) electrons. The predicted octanol–water partition coefficient (Wildman–Crippen LogP) is 5.68. The first-order valence-corrected chi connectivity index (χ1v) is 16.4. The summed E-state index contributed by atoms with van der Waals surface area (Å²) >= 11 is 0. The number of halogens is 2. The van der Waals surface area contributed by atoms with Crippen LogP contribution in [0.2, 0.25) is 5.04 Å². The summed E-state index contributed by atoms with van der Waals surface area (Å²) in [5.41, 5.74) is 0.0751. The maximum atomic E-state index is 16.3. The molecule has 1 aromatic heterocycles. The van der Waals surface area contributed by atoms with Gasteiger partial charge in [-0.1, -0.05) is 81.4 Å². The van der Waals surface area contributed by atoms with Gasteiger partial charge in [0.15, 0.2) is 11.6 Å². The molecule has 0 bridgehead atoms. The van der Waals surface area contributed by atoms with Crippen molar-refractivity contribution in [2.75, 3.05) is 18.0 Å². The first kappa shape index (κ1) is 30.7. The third kappa shape index (κ3) is 6.02. The van der Waals surface area contributed by atoms with Crippen LogP contribution in [0.5, 0.6) is 0 Å². The summed E-state index contributed by atoms with van der Waals surface area (Å²) in [6.07, 6.45) is 2.21. The van der Waals surface area contributed by atoms with E-state index in [-0.39, 0.29) is 35.2 Å². The third-order valence-corrected chi connectivity index (χ3v) is 12.9. The Morgan fingerprint density at radius 1 is 0.953 bits per heavy atom. The van der Waals surface area contributed by atoms with Crippen molar-refractivity contribution in [1.29, 1.82) is 0 Å². The first-order valence-electron chi connectivity index (χ1n) is 14.5. The Bertz CT molecular complexity index is 1520. The molecule has 0 spiro atoms. The number of ketones is 1. The first-order chi connectivity index (χ1) is 20.5. The van der Waals surface area contributed by atoms with Crippen LogP contribution in [0.1, 0.15) is 56.2 Å². The zero-order valence-corrected chi connectivity index (χ0v) is 26.2. The standard InChI is InChI=1S/C34H37F2N3O3Si/c1-23-19-39(20-24(2)42-23)32-25(18-28(30(35)31(32)36)33(40)29-16-17-37-22-38-29)21-41-43(34(3,4)5,26-12-8-6-9-13-26)27-14-10-7-11-15-27/h6-18,22-24H,19-21H2,1-5H3/t23-,24+. The Labute approximate surface area is 252 Å². The number of ether oxygens (including phenoxy) is 1. The van der Waals surface area contributed by atoms with Crippen molar-refractivity contribution in [3.63, 3.8) is 0 Å². The summed E-state index contributed by atoms with van der Waals surface area (Å²) in [6, 6.07) is 23.0. The van der Waals surface area contributed by atoms with E-state index < -0.39 is 31.3 Å². The molecule has 0 saturated carbocycles. The zero-order valence-electron chi connectivity index (χ0n) is 25.2. The molecule has 1 fully saturated rings. The lowest BCUT2D eigenvalue weighted by Gasteiger charge is -2.43. The number of carbonyl (C=O) groups excluding carboxylic acids is 1. The lowest BCUT2D eigenvalue weighted by molar-refractivity contribution is -0.00553. The Hall–Kier alpha value is -3.79. The van der Waals surface area contributed by atoms with Crippen molar-refractivity contribution in [2.45, 2.75) is 58.5 Å². The summed E-state index contributed by atoms with van der Waals surface area (Å²) in [7, 11) is -3.04. The molecule has 2 heterocycles. The van der Waals surface area contributed by atoms with Gasteiger partial charge < -0.3 is 14.1 Å². The average molecular weight is 602 g/mol. The number of morpholine rings is 1. The Kier molecular flexibility index (Phi) is 8.87. The van der Waals surface area contributed by atoms with E-state index in [1.54, 1.807) is 4.90 Å². The summed E-state index contributed by atoms with van der Waals surface area (Å²) in [5, 5.41) is 1.78. The second-order valence-corrected chi connectivity index (χ2v) is 16.4. The second-order valence-electron chi connectivity index (χ2n) is 12.1. The van der Waals surface area contributed by atoms with E-state index in [1.807, 2.05) is 50.2 Å². The van der Waals surface area contributed by atoms with Crippen LogP contribution in [0.4, 0.5) is 14.5 Å². The van der Waals surface area contributed by atoms with Crippen LogP contribution < -0.4 is 15.3 Å². The number of anilines is 1. The molecule has 1 saturated heterocycles. The highest BCUT2D eigenvalue weighted by atomic mass is 28.4. The van der Waals surface area contributed by atoms with Crippen LogP contribution in [0.3, 0.4) is 0 Å². The number of benzene rings is 3. The van der Waals surface area contributed by atoms with Crippen molar-refractivity contribution >= 4 is 30.2 Å². The fourth-order valence-corrected chi connectivity index (χ4v) is 10.7. The molecule has 43 heavy (non-hydrogen) atoms. The highest BCUT2D eigenvalue weighted by Gasteiger charge is 2.50. The van der Waals surface area contributed by atoms with Gasteiger partial charge in [-0.3, -0.25) is 4.79 Å². The molecule has 224 valence electrons. The summed E-state index contributed by atoms with van der Waals surface area (Å²) in [4.78, 5) is 23.0. The van der Waals surface area contributed by atoms with Gasteiger partial charge in [-0.25, -0.2) is 18.7 Å². The predicted molar refractivity (Wildman–Crippen MR) is 166 cm³/mol. The minimum absolute atomic E-state index is 0.0199. The largest absolute Gasteiger partial charge is 0.403 e. The van der Waals surface area contributed by atoms with Gasteiger partial charge in [0.1, 0.15) is 12.0 Å². The minimum Gasteiger partial charge on any atom is -0.403 e. The molecule has 0 unspecified atom stereocenters. The highest BCUT2D eigenvalue weighted by molar-refractivity contribution is 6.99. The van der Waals surface area contributed by atoms with E-state index in [1.165, 1.54) is 24.7 Å². The molecule has 0 aliphatic carbocycles. The van der Waals surface area contributed by atoms with Crippen LogP contribution in [-0.4, -0.2) is 49.4 Å². The molecule has 4 aromatic rings. The number of hydrogen-bond acceptors (Lipinski definition) is 6. The topological polar surface area (TPSA) is 64.5 Å². The van der Waals surface area contributed by atoms with E-state index >= 15 is 8.78 Å². The van der Waals surface area contributed by atoms with Crippen molar-refractivity contribution in [2.24, 2.45) is 0 Å². The van der Waals surface area contributed by atoms with Gasteiger partial charge in [0.05, 0.1) is 30.1 Å². The molecule has 2 atom stereocenters. The van der Waals surface area contributed by atoms with Gasteiger partial charge in [-0.2, -0.15) is 0 Å². The van der Waals surface area contributed by atoms with Crippen molar-refractivity contribution in [3.05, 3.63) is 114 Å². The van der Waals surface area contributed by atoms with E-state index in [9.17, 15) is 4.79 Å². The normalized spacial score (nSPS) is 17.6. The SMILES string of the molecule is C[C@@H]1CN(c2c(CO[Si](c3ccccc3)(c3ccccc3)C(C)(C)C)cc(C(=O)c3ccncn3)c(F)c2F)C[C@H](C)O1. The molecular weight excluding hydrogens is 564 g/mol. The number of rotatable bonds is 8. The van der Waals surface area contributed by atoms with Gasteiger partial charge in [0.2, 0.25) is 5.78 Å². The van der Waals surface area contributed by atoms with E-state index in [2.05, 4.69) is 55.0 Å². The monoisotopic (exact) mass is 601 g/mol. The lowest BCUT2D eigenvalue weighted by atomic mass is 10.0. The van der Waals surface area contributed by atoms with Gasteiger partial charge in [0.25, 0.3) is 8.32 Å². The van der Waals surface area contributed by atoms with Crippen LogP contribution in [0, 0.1) is 11.6 Å². The summed E-state index contributed by atoms with van der Waals surface area (Å²) < 4.78 is 45.1. The van der Waals surface area contributed by atoms with Gasteiger partial charge in [-0.05, 0) is 41.4 Å². The Morgan fingerprint density at radius 2 is 1.53 bits per heavy atom. The zero-order chi connectivity index (χ0) is 30.8.